The number of benzene rings is 2. The minimum absolute atomic E-state index is 0.214. The van der Waals surface area contributed by atoms with Crippen molar-refractivity contribution in [2.24, 2.45) is 0 Å². The van der Waals surface area contributed by atoms with Gasteiger partial charge in [0.2, 0.25) is 0 Å². The van der Waals surface area contributed by atoms with E-state index in [4.69, 9.17) is 9.47 Å². The summed E-state index contributed by atoms with van der Waals surface area (Å²) in [6, 6.07) is 9.75. The van der Waals surface area contributed by atoms with Crippen LogP contribution in [-0.4, -0.2) is 36.2 Å². The molecule has 0 radical (unpaired) electrons. The third kappa shape index (κ3) is 7.40. The molecule has 0 heterocycles. The van der Waals surface area contributed by atoms with E-state index in [9.17, 15) is 18.4 Å². The first-order valence-corrected chi connectivity index (χ1v) is 8.94. The summed E-state index contributed by atoms with van der Waals surface area (Å²) < 4.78 is 36.8. The fourth-order valence-electron chi connectivity index (χ4n) is 2.36. The van der Waals surface area contributed by atoms with Crippen LogP contribution in [0.25, 0.3) is 0 Å². The fourth-order valence-corrected chi connectivity index (χ4v) is 2.36. The van der Waals surface area contributed by atoms with Crippen LogP contribution in [0.1, 0.15) is 26.3 Å². The summed E-state index contributed by atoms with van der Waals surface area (Å²) in [6.45, 7) is 5.21. The summed E-state index contributed by atoms with van der Waals surface area (Å²) in [6.07, 6.45) is -0.457. The van der Waals surface area contributed by atoms with E-state index in [0.29, 0.717) is 11.8 Å². The number of hydrogen-bond acceptors (Lipinski definition) is 4. The van der Waals surface area contributed by atoms with Gasteiger partial charge in [0.05, 0.1) is 0 Å². The van der Waals surface area contributed by atoms with Gasteiger partial charge in [-0.2, -0.15) is 0 Å². The number of nitrogens with zero attached hydrogens (tertiary/aromatic N) is 1. The molecule has 0 aliphatic rings. The molecular weight excluding hydrogens is 382 g/mol. The zero-order valence-electron chi connectivity index (χ0n) is 16.8. The van der Waals surface area contributed by atoms with Gasteiger partial charge in [-0.05, 0) is 50.6 Å². The average Bonchev–Trinajstić information content (AvgIpc) is 2.59. The highest BCUT2D eigenvalue weighted by Crippen LogP contribution is 2.18. The number of hydrogen-bond donors (Lipinski definition) is 1. The Labute approximate surface area is 168 Å². The standard InChI is InChI=1S/C21H24F2N2O4/c1-21(2,3)29-20(27)25(4)12-14-6-5-7-16(10-14)24-19(26)13-28-18-9-8-15(22)11-17(18)23/h5-11H,12-13H2,1-4H3,(H,24,26). The van der Waals surface area contributed by atoms with Gasteiger partial charge >= 0.3 is 6.09 Å². The molecule has 0 aliphatic heterocycles. The molecule has 2 aromatic carbocycles. The number of ether oxygens (including phenoxy) is 2. The predicted octanol–water partition coefficient (Wildman–Crippen LogP) is 4.35. The van der Waals surface area contributed by atoms with E-state index in [-0.39, 0.29) is 12.3 Å². The van der Waals surface area contributed by atoms with Crippen LogP contribution >= 0.6 is 0 Å². The lowest BCUT2D eigenvalue weighted by atomic mass is 10.2. The van der Waals surface area contributed by atoms with Crippen molar-refractivity contribution < 1.29 is 27.8 Å². The molecular formula is C21H24F2N2O4. The van der Waals surface area contributed by atoms with Crippen molar-refractivity contribution in [2.75, 3.05) is 19.0 Å². The quantitative estimate of drug-likeness (QED) is 0.775. The van der Waals surface area contributed by atoms with Crippen LogP contribution in [0.3, 0.4) is 0 Å². The SMILES string of the molecule is CN(Cc1cccc(NC(=O)COc2ccc(F)cc2F)c1)C(=O)OC(C)(C)C. The first kappa shape index (κ1) is 22.1. The molecule has 0 aliphatic carbocycles. The van der Waals surface area contributed by atoms with Crippen LogP contribution in [0.5, 0.6) is 5.75 Å². The molecule has 8 heteroatoms. The summed E-state index contributed by atoms with van der Waals surface area (Å²) in [4.78, 5) is 25.5. The second-order valence-corrected chi connectivity index (χ2v) is 7.45. The maximum atomic E-state index is 13.5. The van der Waals surface area contributed by atoms with Crippen molar-refractivity contribution in [1.82, 2.24) is 4.90 Å². The molecule has 2 rings (SSSR count). The Morgan fingerprint density at radius 2 is 1.83 bits per heavy atom. The van der Waals surface area contributed by atoms with Crippen LogP contribution in [0.4, 0.5) is 19.3 Å². The average molecular weight is 406 g/mol. The van der Waals surface area contributed by atoms with Crippen LogP contribution in [0, 0.1) is 11.6 Å². The maximum absolute atomic E-state index is 13.5. The minimum Gasteiger partial charge on any atom is -0.481 e. The van der Waals surface area contributed by atoms with Gasteiger partial charge in [-0.3, -0.25) is 4.79 Å². The Hall–Kier alpha value is -3.16. The molecule has 2 amide bonds. The van der Waals surface area contributed by atoms with E-state index in [1.165, 1.54) is 4.90 Å². The molecule has 0 unspecified atom stereocenters. The van der Waals surface area contributed by atoms with Crippen molar-refractivity contribution in [3.8, 4) is 5.75 Å². The van der Waals surface area contributed by atoms with E-state index in [0.717, 1.165) is 17.7 Å². The lowest BCUT2D eigenvalue weighted by Crippen LogP contribution is -2.33. The van der Waals surface area contributed by atoms with E-state index in [2.05, 4.69) is 5.32 Å². The number of nitrogens with one attached hydrogen (secondary N) is 1. The predicted molar refractivity (Wildman–Crippen MR) is 105 cm³/mol. The zero-order chi connectivity index (χ0) is 21.6. The monoisotopic (exact) mass is 406 g/mol. The molecule has 0 atom stereocenters. The smallest absolute Gasteiger partial charge is 0.410 e. The molecule has 0 bridgehead atoms. The lowest BCUT2D eigenvalue weighted by molar-refractivity contribution is -0.118. The van der Waals surface area contributed by atoms with Gasteiger partial charge in [0.25, 0.3) is 5.91 Å². The highest BCUT2D eigenvalue weighted by molar-refractivity contribution is 5.91. The van der Waals surface area contributed by atoms with Gasteiger partial charge in [0.1, 0.15) is 11.4 Å². The van der Waals surface area contributed by atoms with Crippen LogP contribution in [0.15, 0.2) is 42.5 Å². The zero-order valence-corrected chi connectivity index (χ0v) is 16.8. The Morgan fingerprint density at radius 1 is 1.10 bits per heavy atom. The van der Waals surface area contributed by atoms with E-state index < -0.39 is 35.8 Å². The number of carbonyl (C=O) groups excluding carboxylic acids is 2. The van der Waals surface area contributed by atoms with Crippen molar-refractivity contribution in [3.63, 3.8) is 0 Å². The normalized spacial score (nSPS) is 11.0. The molecule has 0 saturated heterocycles. The summed E-state index contributed by atoms with van der Waals surface area (Å²) in [5, 5.41) is 2.63. The largest absolute Gasteiger partial charge is 0.481 e. The first-order valence-electron chi connectivity index (χ1n) is 8.94. The molecule has 29 heavy (non-hydrogen) atoms. The van der Waals surface area contributed by atoms with E-state index in [1.54, 1.807) is 52.1 Å². The van der Waals surface area contributed by atoms with Crippen molar-refractivity contribution >= 4 is 17.7 Å². The van der Waals surface area contributed by atoms with Gasteiger partial charge < -0.3 is 19.7 Å². The first-order chi connectivity index (χ1) is 13.5. The van der Waals surface area contributed by atoms with Crippen molar-refractivity contribution in [1.29, 1.82) is 0 Å². The fraction of sp³-hybridized carbons (Fsp3) is 0.333. The molecule has 1 N–H and O–H groups in total. The van der Waals surface area contributed by atoms with Crippen LogP contribution < -0.4 is 10.1 Å². The third-order valence-electron chi connectivity index (χ3n) is 3.59. The summed E-state index contributed by atoms with van der Waals surface area (Å²) >= 11 is 0. The third-order valence-corrected chi connectivity index (χ3v) is 3.59. The van der Waals surface area contributed by atoms with Crippen molar-refractivity contribution in [3.05, 3.63) is 59.7 Å². The molecule has 0 fully saturated rings. The molecule has 6 nitrogen and oxygen atoms in total. The number of halogens is 2. The second-order valence-electron chi connectivity index (χ2n) is 7.45. The molecule has 0 spiro atoms. The highest BCUT2D eigenvalue weighted by Gasteiger charge is 2.19. The lowest BCUT2D eigenvalue weighted by Gasteiger charge is -2.24. The summed E-state index contributed by atoms with van der Waals surface area (Å²) in [5.74, 6) is -2.34. The number of amides is 2. The Balaban J connectivity index is 1.91. The molecule has 0 aromatic heterocycles. The molecule has 0 saturated carbocycles. The molecule has 2 aromatic rings. The summed E-state index contributed by atoms with van der Waals surface area (Å²) in [5.41, 5.74) is 0.681. The second kappa shape index (κ2) is 9.36. The van der Waals surface area contributed by atoms with Gasteiger partial charge in [-0.25, -0.2) is 13.6 Å². The van der Waals surface area contributed by atoms with Crippen LogP contribution in [-0.2, 0) is 16.1 Å². The maximum Gasteiger partial charge on any atom is 0.410 e. The number of rotatable bonds is 6. The van der Waals surface area contributed by atoms with Gasteiger partial charge in [0, 0.05) is 25.3 Å². The molecule has 156 valence electrons. The van der Waals surface area contributed by atoms with Gasteiger partial charge in [-0.1, -0.05) is 12.1 Å². The van der Waals surface area contributed by atoms with Crippen molar-refractivity contribution in [2.45, 2.75) is 32.9 Å². The van der Waals surface area contributed by atoms with Crippen LogP contribution in [0.2, 0.25) is 0 Å². The van der Waals surface area contributed by atoms with Gasteiger partial charge in [-0.15, -0.1) is 0 Å². The van der Waals surface area contributed by atoms with E-state index >= 15 is 0 Å². The highest BCUT2D eigenvalue weighted by atomic mass is 19.1. The van der Waals surface area contributed by atoms with Gasteiger partial charge in [0.15, 0.2) is 18.2 Å². The topological polar surface area (TPSA) is 67.9 Å². The summed E-state index contributed by atoms with van der Waals surface area (Å²) in [7, 11) is 1.62. The minimum atomic E-state index is -0.884. The Morgan fingerprint density at radius 3 is 2.48 bits per heavy atom. The number of anilines is 1. The number of carbonyl (C=O) groups is 2. The van der Waals surface area contributed by atoms with E-state index in [1.807, 2.05) is 0 Å². The Bertz CT molecular complexity index is 881. The Kier molecular flexibility index (Phi) is 7.14.